The molecule has 34 heavy (non-hydrogen) atoms. The number of benzene rings is 2. The van der Waals surface area contributed by atoms with Crippen molar-refractivity contribution in [2.45, 2.75) is 33.2 Å². The van der Waals surface area contributed by atoms with Crippen LogP contribution in [-0.4, -0.2) is 21.0 Å². The molecule has 0 aliphatic carbocycles. The van der Waals surface area contributed by atoms with Crippen molar-refractivity contribution >= 4 is 39.0 Å². The third-order valence-corrected chi connectivity index (χ3v) is 6.61. The molecule has 10 heteroatoms. The van der Waals surface area contributed by atoms with E-state index in [9.17, 15) is 19.7 Å². The smallest absolute Gasteiger partial charge is 0.297 e. The van der Waals surface area contributed by atoms with Crippen LogP contribution in [0.1, 0.15) is 52.1 Å². The SMILES string of the molecule is Cc1ccc2oc3c(c(=O)c2c1)[C@H](c1cccc([N+](=O)[O-])c1)N(c1nnc(CC(C)C)s1)C3=O. The fraction of sp³-hybridized carbons (Fsp3) is 0.250. The van der Waals surface area contributed by atoms with Crippen LogP contribution in [-0.2, 0) is 6.42 Å². The van der Waals surface area contributed by atoms with Crippen LogP contribution in [0.3, 0.4) is 0 Å². The van der Waals surface area contributed by atoms with Crippen molar-refractivity contribution in [2.75, 3.05) is 4.90 Å². The van der Waals surface area contributed by atoms with Gasteiger partial charge in [-0.1, -0.05) is 48.9 Å². The lowest BCUT2D eigenvalue weighted by molar-refractivity contribution is -0.384. The highest BCUT2D eigenvalue weighted by molar-refractivity contribution is 7.15. The fourth-order valence-corrected chi connectivity index (χ4v) is 5.26. The van der Waals surface area contributed by atoms with Crippen molar-refractivity contribution in [1.29, 1.82) is 0 Å². The lowest BCUT2D eigenvalue weighted by Gasteiger charge is -2.21. The molecular weight excluding hydrogens is 456 g/mol. The maximum Gasteiger partial charge on any atom is 0.297 e. The molecular formula is C24H20N4O5S. The Labute approximate surface area is 197 Å². The molecule has 0 bridgehead atoms. The molecule has 1 aliphatic rings. The molecule has 4 aromatic rings. The number of aryl methyl sites for hydroxylation is 1. The predicted octanol–water partition coefficient (Wildman–Crippen LogP) is 4.81. The van der Waals surface area contributed by atoms with Crippen molar-refractivity contribution in [3.05, 3.63) is 90.3 Å². The molecule has 0 spiro atoms. The van der Waals surface area contributed by atoms with E-state index in [2.05, 4.69) is 24.0 Å². The Morgan fingerprint density at radius 1 is 1.18 bits per heavy atom. The van der Waals surface area contributed by atoms with E-state index < -0.39 is 16.9 Å². The van der Waals surface area contributed by atoms with Crippen LogP contribution in [0.25, 0.3) is 11.0 Å². The zero-order valence-electron chi connectivity index (χ0n) is 18.6. The van der Waals surface area contributed by atoms with E-state index in [1.54, 1.807) is 24.3 Å². The second-order valence-corrected chi connectivity index (χ2v) is 9.72. The molecule has 0 N–H and O–H groups in total. The number of carbonyl (C=O) groups is 1. The second kappa shape index (κ2) is 8.14. The van der Waals surface area contributed by atoms with Gasteiger partial charge in [-0.15, -0.1) is 10.2 Å². The summed E-state index contributed by atoms with van der Waals surface area (Å²) in [5.41, 5.74) is 1.25. The lowest BCUT2D eigenvalue weighted by Crippen LogP contribution is -2.29. The van der Waals surface area contributed by atoms with Gasteiger partial charge in [0.15, 0.2) is 5.43 Å². The third-order valence-electron chi connectivity index (χ3n) is 5.67. The summed E-state index contributed by atoms with van der Waals surface area (Å²) in [5, 5.41) is 21.3. The first-order valence-electron chi connectivity index (χ1n) is 10.7. The van der Waals surface area contributed by atoms with Crippen LogP contribution in [0.5, 0.6) is 0 Å². The third kappa shape index (κ3) is 3.56. The molecule has 9 nitrogen and oxygen atoms in total. The number of anilines is 1. The highest BCUT2D eigenvalue weighted by atomic mass is 32.1. The average molecular weight is 477 g/mol. The van der Waals surface area contributed by atoms with Gasteiger partial charge in [0.2, 0.25) is 10.9 Å². The number of nitro groups is 1. The lowest BCUT2D eigenvalue weighted by atomic mass is 9.98. The van der Waals surface area contributed by atoms with Gasteiger partial charge >= 0.3 is 0 Å². The zero-order valence-corrected chi connectivity index (χ0v) is 19.5. The summed E-state index contributed by atoms with van der Waals surface area (Å²) in [7, 11) is 0. The first kappa shape index (κ1) is 21.9. The van der Waals surface area contributed by atoms with Gasteiger partial charge in [0, 0.05) is 18.6 Å². The number of amides is 1. The monoisotopic (exact) mass is 476 g/mol. The quantitative estimate of drug-likeness (QED) is 0.299. The summed E-state index contributed by atoms with van der Waals surface area (Å²) in [6.45, 7) is 5.97. The normalized spacial score (nSPS) is 15.4. The topological polar surface area (TPSA) is 119 Å². The van der Waals surface area contributed by atoms with Gasteiger partial charge < -0.3 is 4.42 Å². The van der Waals surface area contributed by atoms with Crippen LogP contribution in [0.4, 0.5) is 10.8 Å². The summed E-state index contributed by atoms with van der Waals surface area (Å²) in [4.78, 5) is 39.5. The van der Waals surface area contributed by atoms with Crippen LogP contribution >= 0.6 is 11.3 Å². The number of nitrogens with zero attached hydrogens (tertiary/aromatic N) is 4. The Morgan fingerprint density at radius 2 is 1.97 bits per heavy atom. The minimum absolute atomic E-state index is 0.0848. The van der Waals surface area contributed by atoms with Gasteiger partial charge in [0.25, 0.3) is 11.6 Å². The number of hydrogen-bond acceptors (Lipinski definition) is 8. The molecule has 0 radical (unpaired) electrons. The average Bonchev–Trinajstić information content (AvgIpc) is 3.36. The Hall–Kier alpha value is -3.92. The Balaban J connectivity index is 1.76. The molecule has 0 saturated carbocycles. The van der Waals surface area contributed by atoms with Gasteiger partial charge in [-0.2, -0.15) is 0 Å². The highest BCUT2D eigenvalue weighted by Gasteiger charge is 2.45. The van der Waals surface area contributed by atoms with Gasteiger partial charge in [-0.25, -0.2) is 0 Å². The van der Waals surface area contributed by atoms with Crippen LogP contribution in [0, 0.1) is 23.0 Å². The minimum Gasteiger partial charge on any atom is -0.450 e. The zero-order chi connectivity index (χ0) is 24.1. The van der Waals surface area contributed by atoms with Crippen molar-refractivity contribution in [3.63, 3.8) is 0 Å². The standard InChI is InChI=1S/C24H20N4O5S/c1-12(2)9-18-25-26-24(34-18)27-20(14-5-4-6-15(11-14)28(31)32)19-21(29)16-10-13(3)7-8-17(16)33-22(19)23(27)30/h4-8,10-12,20H,9H2,1-3H3/t20-/m0/s1. The first-order chi connectivity index (χ1) is 16.2. The van der Waals surface area contributed by atoms with E-state index in [-0.39, 0.29) is 22.4 Å². The number of aromatic nitrogens is 2. The number of fused-ring (bicyclic) bond motifs is 2. The molecule has 0 fully saturated rings. The summed E-state index contributed by atoms with van der Waals surface area (Å²) < 4.78 is 5.94. The molecule has 2 aromatic heterocycles. The maximum absolute atomic E-state index is 13.6. The molecule has 0 unspecified atom stereocenters. The highest BCUT2D eigenvalue weighted by Crippen LogP contribution is 2.42. The molecule has 5 rings (SSSR count). The first-order valence-corrected chi connectivity index (χ1v) is 11.5. The van der Waals surface area contributed by atoms with E-state index in [0.29, 0.717) is 34.0 Å². The van der Waals surface area contributed by atoms with Crippen molar-refractivity contribution in [2.24, 2.45) is 5.92 Å². The number of carbonyl (C=O) groups excluding carboxylic acids is 1. The van der Waals surface area contributed by atoms with E-state index in [0.717, 1.165) is 10.6 Å². The summed E-state index contributed by atoms with van der Waals surface area (Å²) in [6.07, 6.45) is 0.689. The molecule has 172 valence electrons. The second-order valence-electron chi connectivity index (χ2n) is 8.68. The Morgan fingerprint density at radius 3 is 2.71 bits per heavy atom. The van der Waals surface area contributed by atoms with E-state index >= 15 is 0 Å². The van der Waals surface area contributed by atoms with Gasteiger partial charge in [-0.05, 0) is 30.5 Å². The van der Waals surface area contributed by atoms with Crippen LogP contribution < -0.4 is 10.3 Å². The van der Waals surface area contributed by atoms with E-state index in [4.69, 9.17) is 4.42 Å². The van der Waals surface area contributed by atoms with E-state index in [1.165, 1.54) is 34.4 Å². The number of hydrogen-bond donors (Lipinski definition) is 0. The Kier molecular flexibility index (Phi) is 5.24. The number of non-ortho nitro benzene ring substituents is 1. The molecule has 1 aliphatic heterocycles. The molecule has 3 heterocycles. The van der Waals surface area contributed by atoms with E-state index in [1.807, 2.05) is 6.92 Å². The molecule has 1 amide bonds. The molecule has 0 saturated heterocycles. The summed E-state index contributed by atoms with van der Waals surface area (Å²) >= 11 is 1.26. The molecule has 2 aromatic carbocycles. The number of nitro benzene ring substituents is 1. The number of rotatable bonds is 5. The minimum atomic E-state index is -0.927. The summed E-state index contributed by atoms with van der Waals surface area (Å²) in [6, 6.07) is 10.2. The summed E-state index contributed by atoms with van der Waals surface area (Å²) in [5.74, 6) is -0.270. The largest absolute Gasteiger partial charge is 0.450 e. The fourth-order valence-electron chi connectivity index (χ4n) is 4.18. The van der Waals surface area contributed by atoms with Gasteiger partial charge in [0.05, 0.1) is 21.9 Å². The van der Waals surface area contributed by atoms with Crippen molar-refractivity contribution in [3.8, 4) is 0 Å². The van der Waals surface area contributed by atoms with Crippen LogP contribution in [0.15, 0.2) is 51.7 Å². The van der Waals surface area contributed by atoms with Crippen molar-refractivity contribution < 1.29 is 14.1 Å². The van der Waals surface area contributed by atoms with Gasteiger partial charge in [-0.3, -0.25) is 24.6 Å². The van der Waals surface area contributed by atoms with Crippen LogP contribution in [0.2, 0.25) is 0 Å². The predicted molar refractivity (Wildman–Crippen MR) is 127 cm³/mol. The Bertz CT molecular complexity index is 1520. The maximum atomic E-state index is 13.6. The van der Waals surface area contributed by atoms with Crippen molar-refractivity contribution in [1.82, 2.24) is 10.2 Å². The molecule has 1 atom stereocenters. The van der Waals surface area contributed by atoms with Gasteiger partial charge in [0.1, 0.15) is 10.6 Å².